The number of hydrazine groups is 1. The highest BCUT2D eigenvalue weighted by atomic mass is 35.5. The molecular weight excluding hydrogens is 308 g/mol. The zero-order chi connectivity index (χ0) is 14.0. The van der Waals surface area contributed by atoms with Gasteiger partial charge >= 0.3 is 0 Å². The van der Waals surface area contributed by atoms with E-state index in [-0.39, 0.29) is 21.0 Å². The zero-order valence-electron chi connectivity index (χ0n) is 10.3. The SMILES string of the molecule is CC1CN(S(=O)(=O)c2cnc(NN)c(Cl)c2)CCS1. The number of pyridine rings is 1. The predicted molar refractivity (Wildman–Crippen MR) is 77.7 cm³/mol. The van der Waals surface area contributed by atoms with Gasteiger partial charge in [0.15, 0.2) is 5.82 Å². The molecule has 0 aromatic carbocycles. The van der Waals surface area contributed by atoms with Crippen LogP contribution in [0.5, 0.6) is 0 Å². The third-order valence-electron chi connectivity index (χ3n) is 2.79. The molecule has 0 radical (unpaired) electrons. The Morgan fingerprint density at radius 3 is 2.95 bits per heavy atom. The van der Waals surface area contributed by atoms with Gasteiger partial charge in [0.25, 0.3) is 0 Å². The van der Waals surface area contributed by atoms with E-state index in [9.17, 15) is 8.42 Å². The summed E-state index contributed by atoms with van der Waals surface area (Å²) >= 11 is 7.68. The molecule has 1 atom stereocenters. The Hall–Kier alpha value is -0.540. The minimum atomic E-state index is -3.54. The monoisotopic (exact) mass is 322 g/mol. The fourth-order valence-electron chi connectivity index (χ4n) is 1.82. The third kappa shape index (κ3) is 3.14. The zero-order valence-corrected chi connectivity index (χ0v) is 12.7. The van der Waals surface area contributed by atoms with Gasteiger partial charge in [-0.1, -0.05) is 18.5 Å². The van der Waals surface area contributed by atoms with E-state index in [1.54, 1.807) is 11.8 Å². The number of sulfonamides is 1. The second-order valence-electron chi connectivity index (χ2n) is 4.19. The number of aromatic nitrogens is 1. The number of nitrogens with zero attached hydrogens (tertiary/aromatic N) is 2. The number of nitrogens with one attached hydrogen (secondary N) is 1. The average Bonchev–Trinajstić information content (AvgIpc) is 2.38. The lowest BCUT2D eigenvalue weighted by molar-refractivity contribution is 0.424. The van der Waals surface area contributed by atoms with Crippen LogP contribution in [0.1, 0.15) is 6.92 Å². The topological polar surface area (TPSA) is 88.3 Å². The van der Waals surface area contributed by atoms with Crippen molar-refractivity contribution in [1.29, 1.82) is 0 Å². The standard InChI is InChI=1S/C10H15ClN4O2S2/c1-7-6-15(2-3-18-7)19(16,17)8-4-9(11)10(14-12)13-5-8/h4-5,7H,2-3,6,12H2,1H3,(H,13,14). The Kier molecular flexibility index (Phi) is 4.57. The van der Waals surface area contributed by atoms with E-state index >= 15 is 0 Å². The molecule has 0 bridgehead atoms. The first-order valence-corrected chi connectivity index (χ1v) is 8.55. The highest BCUT2D eigenvalue weighted by molar-refractivity contribution is 8.00. The average molecular weight is 323 g/mol. The molecule has 0 aliphatic carbocycles. The summed E-state index contributed by atoms with van der Waals surface area (Å²) < 4.78 is 26.4. The van der Waals surface area contributed by atoms with Crippen molar-refractivity contribution in [3.05, 3.63) is 17.3 Å². The van der Waals surface area contributed by atoms with Crippen LogP contribution in [-0.4, -0.2) is 41.8 Å². The molecule has 1 unspecified atom stereocenters. The highest BCUT2D eigenvalue weighted by Crippen LogP contribution is 2.27. The molecule has 1 aliphatic rings. The largest absolute Gasteiger partial charge is 0.307 e. The molecule has 2 rings (SSSR count). The molecule has 1 aliphatic heterocycles. The number of thioether (sulfide) groups is 1. The van der Waals surface area contributed by atoms with Gasteiger partial charge in [-0.2, -0.15) is 16.1 Å². The molecule has 2 heterocycles. The van der Waals surface area contributed by atoms with Crippen LogP contribution in [0.2, 0.25) is 5.02 Å². The van der Waals surface area contributed by atoms with Crippen molar-refractivity contribution in [3.63, 3.8) is 0 Å². The number of hydrogen-bond acceptors (Lipinski definition) is 6. The Bertz CT molecular complexity index is 567. The van der Waals surface area contributed by atoms with E-state index in [4.69, 9.17) is 17.4 Å². The van der Waals surface area contributed by atoms with Crippen molar-refractivity contribution < 1.29 is 8.42 Å². The summed E-state index contributed by atoms with van der Waals surface area (Å²) in [4.78, 5) is 3.99. The molecule has 1 fully saturated rings. The van der Waals surface area contributed by atoms with E-state index in [0.717, 1.165) is 5.75 Å². The van der Waals surface area contributed by atoms with Crippen molar-refractivity contribution in [2.75, 3.05) is 24.3 Å². The van der Waals surface area contributed by atoms with Crippen LogP contribution in [0.4, 0.5) is 5.82 Å². The fourth-order valence-corrected chi connectivity index (χ4v) is 4.83. The van der Waals surface area contributed by atoms with E-state index in [2.05, 4.69) is 10.4 Å². The molecule has 0 saturated carbocycles. The van der Waals surface area contributed by atoms with Crippen LogP contribution >= 0.6 is 23.4 Å². The second-order valence-corrected chi connectivity index (χ2v) is 8.08. The Morgan fingerprint density at radius 1 is 1.63 bits per heavy atom. The third-order valence-corrected chi connectivity index (χ3v) is 6.05. The quantitative estimate of drug-likeness (QED) is 0.641. The number of nitrogens with two attached hydrogens (primary N) is 1. The van der Waals surface area contributed by atoms with Crippen molar-refractivity contribution in [1.82, 2.24) is 9.29 Å². The van der Waals surface area contributed by atoms with Crippen LogP contribution in [0.3, 0.4) is 0 Å². The Morgan fingerprint density at radius 2 is 2.37 bits per heavy atom. The number of rotatable bonds is 3. The molecule has 0 amide bonds. The van der Waals surface area contributed by atoms with Crippen molar-refractivity contribution in [3.8, 4) is 0 Å². The number of anilines is 1. The molecule has 0 spiro atoms. The predicted octanol–water partition coefficient (Wildman–Crippen LogP) is 1.15. The molecule has 106 valence electrons. The van der Waals surface area contributed by atoms with Crippen LogP contribution in [-0.2, 0) is 10.0 Å². The van der Waals surface area contributed by atoms with Crippen LogP contribution < -0.4 is 11.3 Å². The molecule has 1 aromatic rings. The van der Waals surface area contributed by atoms with Gasteiger partial charge < -0.3 is 5.43 Å². The second kappa shape index (κ2) is 5.84. The minimum absolute atomic E-state index is 0.0931. The molecular formula is C10H15ClN4O2S2. The van der Waals surface area contributed by atoms with Gasteiger partial charge in [-0.25, -0.2) is 19.2 Å². The van der Waals surface area contributed by atoms with Gasteiger partial charge in [-0.05, 0) is 6.07 Å². The molecule has 9 heteroatoms. The first-order valence-electron chi connectivity index (χ1n) is 5.69. The van der Waals surface area contributed by atoms with Crippen LogP contribution in [0.25, 0.3) is 0 Å². The molecule has 19 heavy (non-hydrogen) atoms. The summed E-state index contributed by atoms with van der Waals surface area (Å²) in [6.07, 6.45) is 1.27. The molecule has 1 aromatic heterocycles. The fraction of sp³-hybridized carbons (Fsp3) is 0.500. The first-order chi connectivity index (χ1) is 8.95. The maximum Gasteiger partial charge on any atom is 0.244 e. The van der Waals surface area contributed by atoms with E-state index in [1.807, 2.05) is 6.92 Å². The maximum absolute atomic E-state index is 12.5. The van der Waals surface area contributed by atoms with E-state index < -0.39 is 10.0 Å². The molecule has 6 nitrogen and oxygen atoms in total. The highest BCUT2D eigenvalue weighted by Gasteiger charge is 2.29. The lowest BCUT2D eigenvalue weighted by Gasteiger charge is -2.29. The first kappa shape index (κ1) is 14.9. The summed E-state index contributed by atoms with van der Waals surface area (Å²) in [6.45, 7) is 3.02. The lowest BCUT2D eigenvalue weighted by Crippen LogP contribution is -2.41. The van der Waals surface area contributed by atoms with Gasteiger partial charge in [0.1, 0.15) is 4.90 Å². The van der Waals surface area contributed by atoms with Gasteiger partial charge in [0.05, 0.1) is 5.02 Å². The van der Waals surface area contributed by atoms with Gasteiger partial charge in [-0.15, -0.1) is 0 Å². The molecule has 1 saturated heterocycles. The van der Waals surface area contributed by atoms with E-state index in [1.165, 1.54) is 16.6 Å². The van der Waals surface area contributed by atoms with Crippen molar-refractivity contribution in [2.45, 2.75) is 17.1 Å². The van der Waals surface area contributed by atoms with Gasteiger partial charge in [-0.3, -0.25) is 0 Å². The minimum Gasteiger partial charge on any atom is -0.307 e. The van der Waals surface area contributed by atoms with Crippen molar-refractivity contribution in [2.24, 2.45) is 5.84 Å². The molecule has 3 N–H and O–H groups in total. The van der Waals surface area contributed by atoms with Gasteiger partial charge in [0.2, 0.25) is 10.0 Å². The summed E-state index contributed by atoms with van der Waals surface area (Å²) in [7, 11) is -3.54. The van der Waals surface area contributed by atoms with Gasteiger partial charge in [0, 0.05) is 30.3 Å². The summed E-state index contributed by atoms with van der Waals surface area (Å²) in [5.41, 5.74) is 2.31. The Labute approximate surface area is 121 Å². The maximum atomic E-state index is 12.5. The smallest absolute Gasteiger partial charge is 0.244 e. The summed E-state index contributed by atoms with van der Waals surface area (Å²) in [5.74, 6) is 6.26. The van der Waals surface area contributed by atoms with Crippen LogP contribution in [0.15, 0.2) is 17.2 Å². The number of hydrogen-bond donors (Lipinski definition) is 2. The van der Waals surface area contributed by atoms with Crippen molar-refractivity contribution >= 4 is 39.2 Å². The number of halogens is 1. The van der Waals surface area contributed by atoms with Crippen LogP contribution in [0, 0.1) is 0 Å². The Balaban J connectivity index is 2.31. The number of nitrogen functional groups attached to an aromatic ring is 1. The summed E-state index contributed by atoms with van der Waals surface area (Å²) in [6, 6.07) is 1.37. The lowest BCUT2D eigenvalue weighted by atomic mass is 10.4. The summed E-state index contributed by atoms with van der Waals surface area (Å²) in [5, 5.41) is 0.472. The normalized spacial score (nSPS) is 21.3. The van der Waals surface area contributed by atoms with E-state index in [0.29, 0.717) is 13.1 Å².